The number of carbonyl (C=O) groups is 2. The number of aliphatic carboxylic acids is 1. The van der Waals surface area contributed by atoms with Crippen molar-refractivity contribution in [3.8, 4) is 5.75 Å². The molecule has 1 aromatic carbocycles. The van der Waals surface area contributed by atoms with E-state index < -0.39 is 30.0 Å². The van der Waals surface area contributed by atoms with Crippen molar-refractivity contribution >= 4 is 11.9 Å². The molecule has 0 heterocycles. The number of aliphatic hydroxyl groups is 1. The maximum Gasteiger partial charge on any atom is 0.343 e. The third-order valence-corrected chi connectivity index (χ3v) is 5.01. The Labute approximate surface area is 166 Å². The Morgan fingerprint density at radius 1 is 1.18 bits per heavy atom. The number of hydrogen-bond acceptors (Lipinski definition) is 6. The molecule has 4 atom stereocenters. The van der Waals surface area contributed by atoms with Gasteiger partial charge in [-0.3, -0.25) is 4.79 Å². The van der Waals surface area contributed by atoms with Crippen molar-refractivity contribution in [1.29, 1.82) is 0 Å². The summed E-state index contributed by atoms with van der Waals surface area (Å²) in [6, 6.07) is 7.01. The molecule has 7 nitrogen and oxygen atoms in total. The summed E-state index contributed by atoms with van der Waals surface area (Å²) in [5.74, 6) is -0.890. The van der Waals surface area contributed by atoms with Crippen LogP contribution in [0.15, 0.2) is 24.3 Å². The third kappa shape index (κ3) is 8.27. The van der Waals surface area contributed by atoms with Crippen molar-refractivity contribution < 1.29 is 29.3 Å². The number of carboxylic acid groups (broad SMARTS) is 1. The predicted molar refractivity (Wildman–Crippen MR) is 106 cm³/mol. The van der Waals surface area contributed by atoms with Crippen LogP contribution in [0, 0.1) is 17.8 Å². The van der Waals surface area contributed by atoms with Crippen LogP contribution in [-0.2, 0) is 20.7 Å². The minimum Gasteiger partial charge on any atom is -0.482 e. The normalized spacial score (nSPS) is 15.5. The molecule has 0 amide bonds. The number of methoxy groups -OCH3 is 1. The fourth-order valence-electron chi connectivity index (χ4n) is 3.00. The van der Waals surface area contributed by atoms with Crippen LogP contribution in [0.1, 0.15) is 39.2 Å². The molecule has 0 saturated heterocycles. The van der Waals surface area contributed by atoms with E-state index in [0.29, 0.717) is 18.1 Å². The number of hydrogen-bond donors (Lipinski definition) is 3. The highest BCUT2D eigenvalue weighted by molar-refractivity contribution is 5.70. The van der Waals surface area contributed by atoms with Gasteiger partial charge >= 0.3 is 11.9 Å². The van der Waals surface area contributed by atoms with Crippen molar-refractivity contribution in [2.75, 3.05) is 13.7 Å². The molecule has 0 aliphatic carbocycles. The van der Waals surface area contributed by atoms with E-state index in [1.54, 1.807) is 13.0 Å². The lowest BCUT2D eigenvalue weighted by molar-refractivity contribution is -0.143. The summed E-state index contributed by atoms with van der Waals surface area (Å²) in [6.45, 7) is 5.62. The number of rotatable bonds is 12. The van der Waals surface area contributed by atoms with E-state index in [-0.39, 0.29) is 18.9 Å². The van der Waals surface area contributed by atoms with Gasteiger partial charge < -0.3 is 25.4 Å². The SMILES string of the molecule is COC(=O)COc1cccc(C[C@@H](C[C@H](N)[C@@H](O)C[C@@H](C)C(=O)O)C(C)C)c1. The smallest absolute Gasteiger partial charge is 0.343 e. The van der Waals surface area contributed by atoms with E-state index in [9.17, 15) is 14.7 Å². The van der Waals surface area contributed by atoms with E-state index in [1.165, 1.54) is 7.11 Å². The number of carboxylic acids is 1. The van der Waals surface area contributed by atoms with E-state index >= 15 is 0 Å². The number of nitrogens with two attached hydrogens (primary N) is 1. The van der Waals surface area contributed by atoms with E-state index in [0.717, 1.165) is 12.0 Å². The Morgan fingerprint density at radius 3 is 2.43 bits per heavy atom. The first-order valence-corrected chi connectivity index (χ1v) is 9.59. The standard InChI is InChI=1S/C21H33NO6/c1-13(2)16(11-18(22)19(23)8-14(3)21(25)26)9-15-6-5-7-17(10-15)28-12-20(24)27-4/h5-7,10,13-14,16,18-19,23H,8-9,11-12,22H2,1-4H3,(H,25,26)/t14-,16+,18+,19+/m1/s1. The summed E-state index contributed by atoms with van der Waals surface area (Å²) in [5, 5.41) is 19.3. The van der Waals surface area contributed by atoms with Gasteiger partial charge in [0.05, 0.1) is 19.1 Å². The number of aliphatic hydroxyl groups excluding tert-OH is 1. The Morgan fingerprint density at radius 2 is 1.86 bits per heavy atom. The predicted octanol–water partition coefficient (Wildman–Crippen LogP) is 2.24. The average Bonchev–Trinajstić information content (AvgIpc) is 2.65. The first-order valence-electron chi connectivity index (χ1n) is 9.59. The van der Waals surface area contributed by atoms with Gasteiger partial charge in [-0.1, -0.05) is 32.9 Å². The summed E-state index contributed by atoms with van der Waals surface area (Å²) in [6.07, 6.45) is 0.598. The summed E-state index contributed by atoms with van der Waals surface area (Å²) in [4.78, 5) is 22.2. The second-order valence-corrected chi connectivity index (χ2v) is 7.66. The van der Waals surface area contributed by atoms with Crippen molar-refractivity contribution in [3.63, 3.8) is 0 Å². The van der Waals surface area contributed by atoms with Crippen LogP contribution in [-0.4, -0.2) is 48.0 Å². The van der Waals surface area contributed by atoms with Gasteiger partial charge in [-0.2, -0.15) is 0 Å². The molecule has 1 aromatic rings. The zero-order valence-electron chi connectivity index (χ0n) is 17.1. The van der Waals surface area contributed by atoms with Crippen molar-refractivity contribution in [2.24, 2.45) is 23.5 Å². The van der Waals surface area contributed by atoms with Gasteiger partial charge in [0.1, 0.15) is 5.75 Å². The molecule has 0 fully saturated rings. The second-order valence-electron chi connectivity index (χ2n) is 7.66. The maximum atomic E-state index is 11.2. The van der Waals surface area contributed by atoms with Crippen LogP contribution in [0.4, 0.5) is 0 Å². The molecule has 0 aromatic heterocycles. The van der Waals surface area contributed by atoms with Crippen LogP contribution >= 0.6 is 0 Å². The minimum absolute atomic E-state index is 0.137. The summed E-state index contributed by atoms with van der Waals surface area (Å²) < 4.78 is 10.0. The van der Waals surface area contributed by atoms with Crippen LogP contribution < -0.4 is 10.5 Å². The molecular formula is C21H33NO6. The Hall–Kier alpha value is -2.12. The lowest BCUT2D eigenvalue weighted by Gasteiger charge is -2.28. The van der Waals surface area contributed by atoms with Gasteiger partial charge in [0.2, 0.25) is 0 Å². The van der Waals surface area contributed by atoms with Gasteiger partial charge in [0, 0.05) is 6.04 Å². The zero-order valence-corrected chi connectivity index (χ0v) is 17.1. The highest BCUT2D eigenvalue weighted by atomic mass is 16.6. The molecule has 4 N–H and O–H groups in total. The molecule has 0 unspecified atom stereocenters. The molecular weight excluding hydrogens is 362 g/mol. The number of benzene rings is 1. The van der Waals surface area contributed by atoms with Gasteiger partial charge in [0.25, 0.3) is 0 Å². The van der Waals surface area contributed by atoms with Crippen molar-refractivity contribution in [1.82, 2.24) is 0 Å². The molecule has 0 saturated carbocycles. The molecule has 7 heteroatoms. The first-order chi connectivity index (χ1) is 13.1. The number of esters is 1. The van der Waals surface area contributed by atoms with Gasteiger partial charge in [-0.25, -0.2) is 4.79 Å². The van der Waals surface area contributed by atoms with Gasteiger partial charge in [-0.05, 0) is 48.8 Å². The monoisotopic (exact) mass is 395 g/mol. The van der Waals surface area contributed by atoms with Crippen LogP contribution in [0.2, 0.25) is 0 Å². The highest BCUT2D eigenvalue weighted by Gasteiger charge is 2.25. The van der Waals surface area contributed by atoms with Crippen LogP contribution in [0.3, 0.4) is 0 Å². The van der Waals surface area contributed by atoms with E-state index in [4.69, 9.17) is 15.6 Å². The number of ether oxygens (including phenoxy) is 2. The van der Waals surface area contributed by atoms with E-state index in [1.807, 2.05) is 18.2 Å². The molecule has 0 radical (unpaired) electrons. The summed E-state index contributed by atoms with van der Waals surface area (Å²) in [7, 11) is 1.31. The molecule has 158 valence electrons. The van der Waals surface area contributed by atoms with Crippen molar-refractivity contribution in [3.05, 3.63) is 29.8 Å². The fourth-order valence-corrected chi connectivity index (χ4v) is 3.00. The van der Waals surface area contributed by atoms with E-state index in [2.05, 4.69) is 18.6 Å². The summed E-state index contributed by atoms with van der Waals surface area (Å²) >= 11 is 0. The molecule has 0 aliphatic rings. The lowest BCUT2D eigenvalue weighted by atomic mass is 9.82. The zero-order chi connectivity index (χ0) is 21.3. The van der Waals surface area contributed by atoms with Gasteiger partial charge in [-0.15, -0.1) is 0 Å². The Bertz CT molecular complexity index is 633. The van der Waals surface area contributed by atoms with Crippen LogP contribution in [0.5, 0.6) is 5.75 Å². The molecule has 1 rings (SSSR count). The average molecular weight is 395 g/mol. The quantitative estimate of drug-likeness (QED) is 0.464. The fraction of sp³-hybridized carbons (Fsp3) is 0.619. The lowest BCUT2D eigenvalue weighted by Crippen LogP contribution is -2.39. The Kier molecular flexibility index (Phi) is 9.96. The van der Waals surface area contributed by atoms with Crippen LogP contribution in [0.25, 0.3) is 0 Å². The highest BCUT2D eigenvalue weighted by Crippen LogP contribution is 2.25. The number of carbonyl (C=O) groups excluding carboxylic acids is 1. The minimum atomic E-state index is -0.935. The first kappa shape index (κ1) is 23.9. The third-order valence-electron chi connectivity index (χ3n) is 5.01. The molecule has 0 aliphatic heterocycles. The second kappa shape index (κ2) is 11.7. The molecule has 0 bridgehead atoms. The Balaban J connectivity index is 2.71. The molecule has 28 heavy (non-hydrogen) atoms. The maximum absolute atomic E-state index is 11.2. The van der Waals surface area contributed by atoms with Gasteiger partial charge in [0.15, 0.2) is 6.61 Å². The topological polar surface area (TPSA) is 119 Å². The largest absolute Gasteiger partial charge is 0.482 e. The molecule has 0 spiro atoms. The summed E-state index contributed by atoms with van der Waals surface area (Å²) in [5.41, 5.74) is 7.21. The van der Waals surface area contributed by atoms with Crippen molar-refractivity contribution in [2.45, 2.75) is 52.2 Å².